The van der Waals surface area contributed by atoms with Gasteiger partial charge in [-0.05, 0) is 46.7 Å². The lowest BCUT2D eigenvalue weighted by Gasteiger charge is -2.25. The minimum atomic E-state index is -1.32. The first-order valence-electron chi connectivity index (χ1n) is 20.8. The molecule has 0 spiro atoms. The normalized spacial score (nSPS) is 18.7. The largest absolute Gasteiger partial charge is 0.480 e. The first kappa shape index (κ1) is 44.3. The van der Waals surface area contributed by atoms with Crippen molar-refractivity contribution in [1.82, 2.24) is 35.5 Å². The van der Waals surface area contributed by atoms with E-state index in [1.54, 1.807) is 24.3 Å². The number of carbonyl (C=O) groups excluding carboxylic acids is 3. The van der Waals surface area contributed by atoms with Crippen molar-refractivity contribution < 1.29 is 44.3 Å². The molecule has 2 aromatic heterocycles. The second kappa shape index (κ2) is 20.9. The smallest absolute Gasteiger partial charge is 0.326 e. The van der Waals surface area contributed by atoms with Crippen molar-refractivity contribution in [2.45, 2.75) is 81.2 Å². The molecule has 8 N–H and O–H groups in total. The lowest BCUT2D eigenvalue weighted by molar-refractivity contribution is -0.142. The molecule has 0 unspecified atom stereocenters. The monoisotopic (exact) mass is 858 g/mol. The number of aliphatic carboxylic acids is 1. The summed E-state index contributed by atoms with van der Waals surface area (Å²) < 4.78 is 7.08. The Hall–Kier alpha value is -6.79. The molecule has 0 bridgehead atoms. The van der Waals surface area contributed by atoms with Crippen LogP contribution in [0.15, 0.2) is 116 Å². The van der Waals surface area contributed by atoms with E-state index in [2.05, 4.69) is 36.2 Å². The second-order valence-corrected chi connectivity index (χ2v) is 15.5. The fraction of sp³-hybridized carbons (Fsp3) is 0.326. The molecule has 328 valence electrons. The summed E-state index contributed by atoms with van der Waals surface area (Å²) in [5.74, 6) is -2.52. The number of nitrogens with zero attached hydrogens (tertiary/aromatic N) is 4. The van der Waals surface area contributed by atoms with Crippen LogP contribution in [0.3, 0.4) is 0 Å². The SMILES string of the molecule is O=C(Cc1ccc2ccccc2c1)N[C@@H](Cc1ccccc1)C(=O)N[C@@H](Cc1ccccc1)C(=O)N[C@@H](CCCCNc1ncnc2c1ncn2[C@@H]1O[C@H](CO)[C@@H](O)[C@H]1O)C(=O)O. The van der Waals surface area contributed by atoms with Gasteiger partial charge in [-0.1, -0.05) is 103 Å². The van der Waals surface area contributed by atoms with Crippen LogP contribution in [0, 0.1) is 0 Å². The average molecular weight is 859 g/mol. The van der Waals surface area contributed by atoms with Crippen LogP contribution >= 0.6 is 0 Å². The number of aromatic nitrogens is 4. The van der Waals surface area contributed by atoms with E-state index in [0.29, 0.717) is 36.4 Å². The molecule has 3 heterocycles. The molecule has 1 aliphatic rings. The van der Waals surface area contributed by atoms with E-state index < -0.39 is 67.1 Å². The van der Waals surface area contributed by atoms with Crippen molar-refractivity contribution in [2.24, 2.45) is 0 Å². The van der Waals surface area contributed by atoms with Crippen molar-refractivity contribution >= 4 is 51.4 Å². The molecule has 3 amide bonds. The van der Waals surface area contributed by atoms with E-state index >= 15 is 0 Å². The van der Waals surface area contributed by atoms with Gasteiger partial charge >= 0.3 is 5.97 Å². The third-order valence-corrected chi connectivity index (χ3v) is 11.0. The third kappa shape index (κ3) is 11.2. The summed E-state index contributed by atoms with van der Waals surface area (Å²) in [6, 6.07) is 28.3. The van der Waals surface area contributed by atoms with Crippen molar-refractivity contribution in [3.05, 3.63) is 132 Å². The van der Waals surface area contributed by atoms with Crippen LogP contribution in [0.1, 0.15) is 42.2 Å². The third-order valence-electron chi connectivity index (χ3n) is 11.0. The van der Waals surface area contributed by atoms with Gasteiger partial charge < -0.3 is 46.4 Å². The Labute approximate surface area is 362 Å². The predicted octanol–water partition coefficient (Wildman–Crippen LogP) is 2.44. The zero-order valence-electron chi connectivity index (χ0n) is 34.3. The molecular formula is C46H50N8O9. The number of carboxylic acid groups (broad SMARTS) is 1. The number of rotatable bonds is 20. The Balaban J connectivity index is 0.981. The number of nitrogens with one attached hydrogen (secondary N) is 4. The van der Waals surface area contributed by atoms with Gasteiger partial charge in [0.15, 0.2) is 23.2 Å². The van der Waals surface area contributed by atoms with Crippen LogP contribution < -0.4 is 21.3 Å². The van der Waals surface area contributed by atoms with Gasteiger partial charge in [0.2, 0.25) is 17.7 Å². The molecule has 63 heavy (non-hydrogen) atoms. The maximum Gasteiger partial charge on any atom is 0.326 e. The van der Waals surface area contributed by atoms with Crippen LogP contribution in [-0.2, 0) is 43.2 Å². The molecule has 4 aromatic carbocycles. The number of benzene rings is 4. The molecule has 1 saturated heterocycles. The molecule has 0 radical (unpaired) electrons. The Kier molecular flexibility index (Phi) is 14.7. The summed E-state index contributed by atoms with van der Waals surface area (Å²) in [5, 5.41) is 53.9. The number of carboxylic acids is 1. The van der Waals surface area contributed by atoms with Crippen molar-refractivity contribution in [3.8, 4) is 0 Å². The van der Waals surface area contributed by atoms with Crippen molar-refractivity contribution in [1.29, 1.82) is 0 Å². The quantitative estimate of drug-likeness (QED) is 0.0515. The molecule has 17 nitrogen and oxygen atoms in total. The summed E-state index contributed by atoms with van der Waals surface area (Å²) in [5.41, 5.74) is 2.99. The van der Waals surface area contributed by atoms with Crippen LogP contribution in [0.4, 0.5) is 5.82 Å². The Bertz CT molecular complexity index is 2510. The number of aliphatic hydroxyl groups excluding tert-OH is 3. The van der Waals surface area contributed by atoms with Crippen LogP contribution in [0.25, 0.3) is 21.9 Å². The Morgan fingerprint density at radius 2 is 1.33 bits per heavy atom. The van der Waals surface area contributed by atoms with Gasteiger partial charge in [0.25, 0.3) is 0 Å². The highest BCUT2D eigenvalue weighted by molar-refractivity contribution is 5.94. The van der Waals surface area contributed by atoms with E-state index in [-0.39, 0.29) is 31.6 Å². The second-order valence-electron chi connectivity index (χ2n) is 15.5. The topological polar surface area (TPSA) is 250 Å². The lowest BCUT2D eigenvalue weighted by atomic mass is 10.0. The molecule has 0 aliphatic carbocycles. The number of hydrogen-bond acceptors (Lipinski definition) is 12. The highest BCUT2D eigenvalue weighted by Gasteiger charge is 2.44. The van der Waals surface area contributed by atoms with Crippen LogP contribution in [0.5, 0.6) is 0 Å². The zero-order chi connectivity index (χ0) is 44.3. The molecule has 6 aromatic rings. The van der Waals surface area contributed by atoms with Gasteiger partial charge in [-0.2, -0.15) is 0 Å². The summed E-state index contributed by atoms with van der Waals surface area (Å²) >= 11 is 0. The van der Waals surface area contributed by atoms with E-state index in [1.807, 2.05) is 78.9 Å². The van der Waals surface area contributed by atoms with Crippen molar-refractivity contribution in [2.75, 3.05) is 18.5 Å². The summed E-state index contributed by atoms with van der Waals surface area (Å²) in [6.07, 6.45) is -0.750. The van der Waals surface area contributed by atoms with Gasteiger partial charge in [0.1, 0.15) is 42.8 Å². The van der Waals surface area contributed by atoms with Crippen LogP contribution in [0.2, 0.25) is 0 Å². The molecule has 0 saturated carbocycles. The van der Waals surface area contributed by atoms with E-state index in [9.17, 15) is 39.6 Å². The van der Waals surface area contributed by atoms with Crippen molar-refractivity contribution in [3.63, 3.8) is 0 Å². The van der Waals surface area contributed by atoms with Gasteiger partial charge in [0.05, 0.1) is 19.4 Å². The number of ether oxygens (including phenoxy) is 1. The summed E-state index contributed by atoms with van der Waals surface area (Å²) in [7, 11) is 0. The number of imidazole rings is 1. The summed E-state index contributed by atoms with van der Waals surface area (Å²) in [6.45, 7) is -0.125. The maximum atomic E-state index is 14.1. The van der Waals surface area contributed by atoms with Gasteiger partial charge in [-0.25, -0.2) is 19.7 Å². The van der Waals surface area contributed by atoms with Gasteiger partial charge in [-0.3, -0.25) is 19.0 Å². The van der Waals surface area contributed by atoms with E-state index in [0.717, 1.165) is 27.5 Å². The Morgan fingerprint density at radius 1 is 0.698 bits per heavy atom. The van der Waals surface area contributed by atoms with E-state index in [1.165, 1.54) is 17.2 Å². The minimum Gasteiger partial charge on any atom is -0.480 e. The fourth-order valence-electron chi connectivity index (χ4n) is 7.66. The zero-order valence-corrected chi connectivity index (χ0v) is 34.3. The molecule has 1 fully saturated rings. The maximum absolute atomic E-state index is 14.1. The highest BCUT2D eigenvalue weighted by atomic mass is 16.6. The first-order chi connectivity index (χ1) is 30.6. The molecule has 7 atom stereocenters. The first-order valence-corrected chi connectivity index (χ1v) is 20.8. The predicted molar refractivity (Wildman–Crippen MR) is 232 cm³/mol. The molecule has 17 heteroatoms. The number of fused-ring (bicyclic) bond motifs is 2. The van der Waals surface area contributed by atoms with Gasteiger partial charge in [0, 0.05) is 19.4 Å². The number of hydrogen-bond donors (Lipinski definition) is 8. The number of anilines is 1. The number of carbonyl (C=O) groups is 4. The van der Waals surface area contributed by atoms with Gasteiger partial charge in [-0.15, -0.1) is 0 Å². The number of unbranched alkanes of at least 4 members (excludes halogenated alkanes) is 1. The minimum absolute atomic E-state index is 0.0278. The fourth-order valence-corrected chi connectivity index (χ4v) is 7.66. The number of aliphatic hydroxyl groups is 3. The lowest BCUT2D eigenvalue weighted by Crippen LogP contribution is -2.57. The van der Waals surface area contributed by atoms with E-state index in [4.69, 9.17) is 4.74 Å². The Morgan fingerprint density at radius 3 is 1.98 bits per heavy atom. The molecule has 7 rings (SSSR count). The van der Waals surface area contributed by atoms with Crippen LogP contribution in [-0.4, -0.2) is 113 Å². The summed E-state index contributed by atoms with van der Waals surface area (Å²) in [4.78, 5) is 66.9. The number of amides is 3. The molecular weight excluding hydrogens is 809 g/mol. The standard InChI is InChI=1S/C46H50N8O9/c55-25-36-39(57)40(58)45(63-36)54-27-50-38-41(48-26-49-42(38)54)47-20-10-9-17-33(46(61)62)52-44(60)35(23-29-13-5-2-6-14-29)53-43(59)34(22-28-11-3-1-4-12-28)51-37(56)24-30-18-19-31-15-7-8-16-32(31)21-30/h1-8,11-16,18-19,21,26-27,33-36,39-40,45,55,57-58H,9-10,17,20,22-25H2,(H,51,56)(H,52,60)(H,53,59)(H,61,62)(H,47,48,49)/t33-,34-,35-,36+,39+,40+,45+/m0/s1. The highest BCUT2D eigenvalue weighted by Crippen LogP contribution is 2.32. The average Bonchev–Trinajstić information content (AvgIpc) is 3.85. The molecule has 1 aliphatic heterocycles.